The fourth-order valence-electron chi connectivity index (χ4n) is 1.76. The van der Waals surface area contributed by atoms with Crippen molar-refractivity contribution in [2.24, 2.45) is 0 Å². The molecule has 5 heteroatoms. The minimum atomic E-state index is -0.967. The monoisotopic (exact) mass is 272 g/mol. The predicted octanol–water partition coefficient (Wildman–Crippen LogP) is 2.37. The fourth-order valence-corrected chi connectivity index (χ4v) is 1.76. The molecule has 20 heavy (non-hydrogen) atoms. The molecule has 104 valence electrons. The van der Waals surface area contributed by atoms with Crippen LogP contribution < -0.4 is 4.74 Å². The van der Waals surface area contributed by atoms with Crippen molar-refractivity contribution in [3.05, 3.63) is 53.9 Å². The Morgan fingerprint density at radius 3 is 3.00 bits per heavy atom. The highest BCUT2D eigenvalue weighted by Crippen LogP contribution is 2.14. The lowest BCUT2D eigenvalue weighted by molar-refractivity contribution is -0.131. The number of ether oxygens (including phenoxy) is 1. The van der Waals surface area contributed by atoms with Gasteiger partial charge in [-0.1, -0.05) is 12.1 Å². The highest BCUT2D eigenvalue weighted by Gasteiger charge is 1.99. The molecule has 0 radical (unpaired) electrons. The second kappa shape index (κ2) is 6.56. The highest BCUT2D eigenvalue weighted by atomic mass is 16.5. The third kappa shape index (κ3) is 3.98. The first kappa shape index (κ1) is 13.9. The molecule has 5 nitrogen and oxygen atoms in total. The molecule has 1 aromatic heterocycles. The smallest absolute Gasteiger partial charge is 0.328 e. The van der Waals surface area contributed by atoms with Crippen LogP contribution in [0.4, 0.5) is 0 Å². The van der Waals surface area contributed by atoms with Gasteiger partial charge in [-0.3, -0.25) is 4.68 Å². The van der Waals surface area contributed by atoms with Crippen molar-refractivity contribution in [2.45, 2.75) is 13.5 Å². The van der Waals surface area contributed by atoms with Crippen molar-refractivity contribution in [3.8, 4) is 5.75 Å². The zero-order valence-corrected chi connectivity index (χ0v) is 11.2. The number of carboxylic acid groups (broad SMARTS) is 1. The summed E-state index contributed by atoms with van der Waals surface area (Å²) < 4.78 is 7.51. The summed E-state index contributed by atoms with van der Waals surface area (Å²) in [4.78, 5) is 10.5. The van der Waals surface area contributed by atoms with Crippen LogP contribution in [0.15, 0.2) is 42.6 Å². The maximum Gasteiger partial charge on any atom is 0.328 e. The molecule has 0 saturated heterocycles. The average molecular weight is 272 g/mol. The summed E-state index contributed by atoms with van der Waals surface area (Å²) in [5, 5.41) is 12.8. The number of benzene rings is 1. The number of rotatable bonds is 6. The van der Waals surface area contributed by atoms with Gasteiger partial charge in [0.25, 0.3) is 0 Å². The van der Waals surface area contributed by atoms with E-state index in [1.807, 2.05) is 35.9 Å². The minimum absolute atomic E-state index is 0.509. The van der Waals surface area contributed by atoms with Crippen molar-refractivity contribution < 1.29 is 14.6 Å². The number of aliphatic carboxylic acids is 1. The molecule has 0 atom stereocenters. The Hall–Kier alpha value is -2.56. The molecule has 1 N–H and O–H groups in total. The summed E-state index contributed by atoms with van der Waals surface area (Å²) in [5.74, 6) is -0.257. The second-order valence-electron chi connectivity index (χ2n) is 4.29. The standard InChI is InChI=1S/C15H16N2O3/c1-12-7-8-16-17(12)9-10-20-14-4-2-3-13(11-14)5-6-15(18)19/h2-8,11H,9-10H2,1H3,(H,18,19). The van der Waals surface area contributed by atoms with Crippen LogP contribution in [0.3, 0.4) is 0 Å². The predicted molar refractivity (Wildman–Crippen MR) is 75.6 cm³/mol. The number of aryl methyl sites for hydroxylation is 1. The van der Waals surface area contributed by atoms with Gasteiger partial charge in [0.15, 0.2) is 0 Å². The summed E-state index contributed by atoms with van der Waals surface area (Å²) in [7, 11) is 0. The summed E-state index contributed by atoms with van der Waals surface area (Å²) in [6.07, 6.45) is 4.39. The van der Waals surface area contributed by atoms with Crippen LogP contribution in [0, 0.1) is 6.92 Å². The van der Waals surface area contributed by atoms with Gasteiger partial charge in [-0.15, -0.1) is 0 Å². The van der Waals surface area contributed by atoms with Crippen LogP contribution in [-0.4, -0.2) is 27.5 Å². The minimum Gasteiger partial charge on any atom is -0.492 e. The average Bonchev–Trinajstić information content (AvgIpc) is 2.83. The maximum absolute atomic E-state index is 10.5. The van der Waals surface area contributed by atoms with Crippen LogP contribution in [-0.2, 0) is 11.3 Å². The van der Waals surface area contributed by atoms with Crippen molar-refractivity contribution in [1.29, 1.82) is 0 Å². The van der Waals surface area contributed by atoms with Gasteiger partial charge in [0.1, 0.15) is 12.4 Å². The lowest BCUT2D eigenvalue weighted by atomic mass is 10.2. The molecule has 0 amide bonds. The second-order valence-corrected chi connectivity index (χ2v) is 4.29. The van der Waals surface area contributed by atoms with Crippen LogP contribution in [0.2, 0.25) is 0 Å². The summed E-state index contributed by atoms with van der Waals surface area (Å²) in [6.45, 7) is 3.17. The van der Waals surface area contributed by atoms with E-state index < -0.39 is 5.97 Å². The third-order valence-corrected chi connectivity index (χ3v) is 2.78. The Morgan fingerprint density at radius 2 is 2.30 bits per heavy atom. The lowest BCUT2D eigenvalue weighted by Gasteiger charge is -2.08. The van der Waals surface area contributed by atoms with Gasteiger partial charge >= 0.3 is 5.97 Å². The van der Waals surface area contributed by atoms with E-state index in [4.69, 9.17) is 9.84 Å². The molecular formula is C15H16N2O3. The third-order valence-electron chi connectivity index (χ3n) is 2.78. The lowest BCUT2D eigenvalue weighted by Crippen LogP contribution is -2.10. The SMILES string of the molecule is Cc1ccnn1CCOc1cccc(C=CC(=O)O)c1. The highest BCUT2D eigenvalue weighted by molar-refractivity contribution is 5.85. The van der Waals surface area contributed by atoms with Gasteiger partial charge in [0.05, 0.1) is 6.54 Å². The Bertz CT molecular complexity index is 617. The molecule has 0 unspecified atom stereocenters. The Kier molecular flexibility index (Phi) is 4.55. The van der Waals surface area contributed by atoms with E-state index in [2.05, 4.69) is 5.10 Å². The van der Waals surface area contributed by atoms with E-state index in [1.54, 1.807) is 12.3 Å². The van der Waals surface area contributed by atoms with E-state index in [0.717, 1.165) is 17.3 Å². The molecule has 0 spiro atoms. The van der Waals surface area contributed by atoms with Gasteiger partial charge in [0.2, 0.25) is 0 Å². The van der Waals surface area contributed by atoms with Gasteiger partial charge in [-0.05, 0) is 36.8 Å². The van der Waals surface area contributed by atoms with E-state index in [-0.39, 0.29) is 0 Å². The van der Waals surface area contributed by atoms with Crippen molar-refractivity contribution in [1.82, 2.24) is 9.78 Å². The van der Waals surface area contributed by atoms with E-state index in [9.17, 15) is 4.79 Å². The Morgan fingerprint density at radius 1 is 1.45 bits per heavy atom. The Labute approximate surface area is 117 Å². The van der Waals surface area contributed by atoms with Crippen LogP contribution in [0.5, 0.6) is 5.75 Å². The molecule has 2 aromatic rings. The normalized spacial score (nSPS) is 10.8. The van der Waals surface area contributed by atoms with Gasteiger partial charge in [-0.2, -0.15) is 5.10 Å². The molecule has 0 aliphatic heterocycles. The number of hydrogen-bond acceptors (Lipinski definition) is 3. The van der Waals surface area contributed by atoms with E-state index in [0.29, 0.717) is 18.9 Å². The number of carboxylic acids is 1. The number of hydrogen-bond donors (Lipinski definition) is 1. The molecule has 0 fully saturated rings. The van der Waals surface area contributed by atoms with Gasteiger partial charge in [0, 0.05) is 18.0 Å². The van der Waals surface area contributed by atoms with Crippen LogP contribution in [0.25, 0.3) is 6.08 Å². The fraction of sp³-hybridized carbons (Fsp3) is 0.200. The topological polar surface area (TPSA) is 64.4 Å². The Balaban J connectivity index is 1.91. The molecule has 2 rings (SSSR count). The zero-order valence-electron chi connectivity index (χ0n) is 11.2. The van der Waals surface area contributed by atoms with Gasteiger partial charge in [-0.25, -0.2) is 4.79 Å². The first-order valence-corrected chi connectivity index (χ1v) is 6.27. The maximum atomic E-state index is 10.5. The first-order chi connectivity index (χ1) is 9.65. The quantitative estimate of drug-likeness (QED) is 0.820. The largest absolute Gasteiger partial charge is 0.492 e. The van der Waals surface area contributed by atoms with Crippen molar-refractivity contribution in [3.63, 3.8) is 0 Å². The van der Waals surface area contributed by atoms with Crippen molar-refractivity contribution in [2.75, 3.05) is 6.61 Å². The molecule has 1 aromatic carbocycles. The van der Waals surface area contributed by atoms with E-state index in [1.165, 1.54) is 6.08 Å². The van der Waals surface area contributed by atoms with Gasteiger partial charge < -0.3 is 9.84 Å². The molecule has 0 aliphatic carbocycles. The van der Waals surface area contributed by atoms with E-state index >= 15 is 0 Å². The molecular weight excluding hydrogens is 256 g/mol. The van der Waals surface area contributed by atoms with Crippen LogP contribution >= 0.6 is 0 Å². The summed E-state index contributed by atoms with van der Waals surface area (Å²) >= 11 is 0. The first-order valence-electron chi connectivity index (χ1n) is 6.27. The number of carbonyl (C=O) groups is 1. The molecule has 0 aliphatic rings. The summed E-state index contributed by atoms with van der Waals surface area (Å²) in [6, 6.07) is 9.24. The van der Waals surface area contributed by atoms with Crippen molar-refractivity contribution >= 4 is 12.0 Å². The molecule has 0 bridgehead atoms. The molecule has 1 heterocycles. The summed E-state index contributed by atoms with van der Waals surface area (Å²) in [5.41, 5.74) is 1.88. The number of aromatic nitrogens is 2. The molecule has 0 saturated carbocycles. The number of nitrogens with zero attached hydrogens (tertiary/aromatic N) is 2. The zero-order chi connectivity index (χ0) is 14.4. The van der Waals surface area contributed by atoms with Crippen LogP contribution in [0.1, 0.15) is 11.3 Å².